The maximum atomic E-state index is 12.1. The van der Waals surface area contributed by atoms with Crippen LogP contribution in [0.2, 0.25) is 0 Å². The van der Waals surface area contributed by atoms with Crippen LogP contribution in [0, 0.1) is 6.92 Å². The number of hydrogen-bond donors (Lipinski definition) is 1. The van der Waals surface area contributed by atoms with Gasteiger partial charge in [0.25, 0.3) is 5.56 Å². The molecule has 2 aromatic carbocycles. The monoisotopic (exact) mass is 382 g/mol. The van der Waals surface area contributed by atoms with Crippen LogP contribution in [0.3, 0.4) is 0 Å². The van der Waals surface area contributed by atoms with Crippen molar-refractivity contribution in [1.82, 2.24) is 9.97 Å². The Morgan fingerprint density at radius 2 is 1.82 bits per heavy atom. The molecule has 0 saturated carbocycles. The summed E-state index contributed by atoms with van der Waals surface area (Å²) >= 11 is 0. The van der Waals surface area contributed by atoms with Crippen LogP contribution in [-0.4, -0.2) is 30.2 Å². The number of aryl methyl sites for hydroxylation is 2. The molecule has 0 saturated heterocycles. The standard InChI is InChI=1S/C21H22N2O5/c1-13-10-17(26-2)18(27-3)11-14(13)12-28-20(24)9-8-19-22-16-7-5-4-6-15(16)21(25)23-19/h4-7,10-11H,8-9,12H2,1-3H3,(H,22,23,25). The zero-order chi connectivity index (χ0) is 20.1. The third-order valence-corrected chi connectivity index (χ3v) is 4.46. The number of nitrogens with zero attached hydrogens (tertiary/aromatic N) is 1. The lowest BCUT2D eigenvalue weighted by molar-refractivity contribution is -0.144. The van der Waals surface area contributed by atoms with Crippen LogP contribution in [0.5, 0.6) is 11.5 Å². The molecule has 0 unspecified atom stereocenters. The third kappa shape index (κ3) is 4.31. The van der Waals surface area contributed by atoms with Crippen molar-refractivity contribution < 1.29 is 19.0 Å². The van der Waals surface area contributed by atoms with Crippen molar-refractivity contribution >= 4 is 16.9 Å². The summed E-state index contributed by atoms with van der Waals surface area (Å²) in [7, 11) is 3.13. The molecule has 0 radical (unpaired) electrons. The van der Waals surface area contributed by atoms with Gasteiger partial charge in [0.2, 0.25) is 0 Å². The molecular formula is C21H22N2O5. The normalized spacial score (nSPS) is 10.7. The Labute approximate surface area is 162 Å². The minimum absolute atomic E-state index is 0.119. The van der Waals surface area contributed by atoms with Crippen LogP contribution >= 0.6 is 0 Å². The molecule has 0 fully saturated rings. The molecule has 7 heteroatoms. The van der Waals surface area contributed by atoms with Crippen LogP contribution in [0.1, 0.15) is 23.4 Å². The van der Waals surface area contributed by atoms with Gasteiger partial charge in [-0.15, -0.1) is 0 Å². The first-order valence-corrected chi connectivity index (χ1v) is 8.87. The maximum absolute atomic E-state index is 12.1. The largest absolute Gasteiger partial charge is 0.493 e. The number of nitrogens with one attached hydrogen (secondary N) is 1. The number of rotatable bonds is 7. The molecule has 0 spiro atoms. The number of para-hydroxylation sites is 1. The van der Waals surface area contributed by atoms with E-state index in [0.717, 1.165) is 11.1 Å². The van der Waals surface area contributed by atoms with Crippen molar-refractivity contribution in [2.24, 2.45) is 0 Å². The summed E-state index contributed by atoms with van der Waals surface area (Å²) in [4.78, 5) is 31.3. The fourth-order valence-corrected chi connectivity index (χ4v) is 2.88. The molecule has 1 heterocycles. The molecule has 7 nitrogen and oxygen atoms in total. The zero-order valence-corrected chi connectivity index (χ0v) is 16.1. The minimum atomic E-state index is -0.370. The molecule has 0 aliphatic carbocycles. The lowest BCUT2D eigenvalue weighted by Crippen LogP contribution is -2.14. The number of esters is 1. The van der Waals surface area contributed by atoms with Crippen molar-refractivity contribution in [3.63, 3.8) is 0 Å². The van der Waals surface area contributed by atoms with Gasteiger partial charge in [-0.05, 0) is 42.3 Å². The Balaban J connectivity index is 1.62. The van der Waals surface area contributed by atoms with E-state index in [1.54, 1.807) is 38.5 Å². The molecule has 0 amide bonds. The molecule has 1 N–H and O–H groups in total. The number of carbonyl (C=O) groups is 1. The number of benzene rings is 2. The number of methoxy groups -OCH3 is 2. The first-order valence-electron chi connectivity index (χ1n) is 8.87. The lowest BCUT2D eigenvalue weighted by atomic mass is 10.1. The topological polar surface area (TPSA) is 90.5 Å². The number of fused-ring (bicyclic) bond motifs is 1. The average Bonchev–Trinajstić information content (AvgIpc) is 2.71. The molecule has 0 aliphatic heterocycles. The van der Waals surface area contributed by atoms with E-state index in [0.29, 0.717) is 34.6 Å². The summed E-state index contributed by atoms with van der Waals surface area (Å²) < 4.78 is 15.9. The van der Waals surface area contributed by atoms with Crippen LogP contribution in [-0.2, 0) is 22.6 Å². The number of aromatic amines is 1. The Morgan fingerprint density at radius 3 is 2.57 bits per heavy atom. The number of ether oxygens (including phenoxy) is 3. The predicted octanol–water partition coefficient (Wildman–Crippen LogP) is 2.92. The SMILES string of the molecule is COc1cc(C)c(COC(=O)CCc2nc3ccccc3c(=O)[nH]2)cc1OC. The summed E-state index contributed by atoms with van der Waals surface area (Å²) in [6.07, 6.45) is 0.414. The van der Waals surface area contributed by atoms with Gasteiger partial charge in [0.1, 0.15) is 12.4 Å². The van der Waals surface area contributed by atoms with E-state index in [4.69, 9.17) is 14.2 Å². The van der Waals surface area contributed by atoms with Gasteiger partial charge in [0, 0.05) is 6.42 Å². The fourth-order valence-electron chi connectivity index (χ4n) is 2.88. The van der Waals surface area contributed by atoms with Gasteiger partial charge in [-0.2, -0.15) is 0 Å². The van der Waals surface area contributed by atoms with Crippen LogP contribution < -0.4 is 15.0 Å². The maximum Gasteiger partial charge on any atom is 0.306 e. The number of hydrogen-bond acceptors (Lipinski definition) is 6. The zero-order valence-electron chi connectivity index (χ0n) is 16.1. The molecule has 3 aromatic rings. The van der Waals surface area contributed by atoms with Gasteiger partial charge in [0.15, 0.2) is 11.5 Å². The third-order valence-electron chi connectivity index (χ3n) is 4.46. The number of carbonyl (C=O) groups excluding carboxylic acids is 1. The Kier molecular flexibility index (Phi) is 5.93. The molecule has 0 bridgehead atoms. The van der Waals surface area contributed by atoms with Gasteiger partial charge in [0.05, 0.1) is 31.5 Å². The second-order valence-corrected chi connectivity index (χ2v) is 6.32. The first-order chi connectivity index (χ1) is 13.5. The first kappa shape index (κ1) is 19.4. The molecule has 0 aliphatic rings. The van der Waals surface area contributed by atoms with Crippen molar-refractivity contribution in [2.75, 3.05) is 14.2 Å². The molecule has 0 atom stereocenters. The Hall–Kier alpha value is -3.35. The van der Waals surface area contributed by atoms with Gasteiger partial charge < -0.3 is 19.2 Å². The Morgan fingerprint density at radius 1 is 1.11 bits per heavy atom. The second-order valence-electron chi connectivity index (χ2n) is 6.32. The highest BCUT2D eigenvalue weighted by Gasteiger charge is 2.12. The average molecular weight is 382 g/mol. The van der Waals surface area contributed by atoms with Gasteiger partial charge >= 0.3 is 5.97 Å². The van der Waals surface area contributed by atoms with E-state index >= 15 is 0 Å². The van der Waals surface area contributed by atoms with Crippen LogP contribution in [0.25, 0.3) is 10.9 Å². The van der Waals surface area contributed by atoms with Crippen LogP contribution in [0.15, 0.2) is 41.2 Å². The molecule has 1 aromatic heterocycles. The summed E-state index contributed by atoms with van der Waals surface area (Å²) in [6.45, 7) is 2.04. The lowest BCUT2D eigenvalue weighted by Gasteiger charge is -2.13. The van der Waals surface area contributed by atoms with E-state index in [1.165, 1.54) is 0 Å². The minimum Gasteiger partial charge on any atom is -0.493 e. The van der Waals surface area contributed by atoms with E-state index < -0.39 is 0 Å². The van der Waals surface area contributed by atoms with Gasteiger partial charge in [-0.25, -0.2) is 4.98 Å². The summed E-state index contributed by atoms with van der Waals surface area (Å²) in [5, 5.41) is 0.526. The summed E-state index contributed by atoms with van der Waals surface area (Å²) in [5.74, 6) is 1.30. The number of H-pyrrole nitrogens is 1. The van der Waals surface area contributed by atoms with E-state index in [1.807, 2.05) is 19.1 Å². The highest BCUT2D eigenvalue weighted by atomic mass is 16.5. The van der Waals surface area contributed by atoms with E-state index in [9.17, 15) is 9.59 Å². The smallest absolute Gasteiger partial charge is 0.306 e. The predicted molar refractivity (Wildman–Crippen MR) is 105 cm³/mol. The molecule has 146 valence electrons. The van der Waals surface area contributed by atoms with Crippen molar-refractivity contribution in [3.8, 4) is 11.5 Å². The second kappa shape index (κ2) is 8.56. The highest BCUT2D eigenvalue weighted by molar-refractivity contribution is 5.77. The summed E-state index contributed by atoms with van der Waals surface area (Å²) in [6, 6.07) is 10.7. The van der Waals surface area contributed by atoms with Crippen molar-refractivity contribution in [2.45, 2.75) is 26.4 Å². The van der Waals surface area contributed by atoms with E-state index in [2.05, 4.69) is 9.97 Å². The number of aromatic nitrogens is 2. The van der Waals surface area contributed by atoms with Crippen molar-refractivity contribution in [1.29, 1.82) is 0 Å². The molecule has 3 rings (SSSR count). The fraction of sp³-hybridized carbons (Fsp3) is 0.286. The quantitative estimate of drug-likeness (QED) is 0.632. The molecular weight excluding hydrogens is 360 g/mol. The van der Waals surface area contributed by atoms with Crippen LogP contribution in [0.4, 0.5) is 0 Å². The molecule has 28 heavy (non-hydrogen) atoms. The van der Waals surface area contributed by atoms with Crippen molar-refractivity contribution in [3.05, 3.63) is 63.7 Å². The Bertz CT molecular complexity index is 1060. The van der Waals surface area contributed by atoms with Gasteiger partial charge in [-0.3, -0.25) is 9.59 Å². The highest BCUT2D eigenvalue weighted by Crippen LogP contribution is 2.30. The summed E-state index contributed by atoms with van der Waals surface area (Å²) in [5.41, 5.74) is 2.17. The van der Waals surface area contributed by atoms with Gasteiger partial charge in [-0.1, -0.05) is 12.1 Å². The van der Waals surface area contributed by atoms with E-state index in [-0.39, 0.29) is 24.6 Å².